The zero-order valence-electron chi connectivity index (χ0n) is 23.2. The third kappa shape index (κ3) is 4.90. The van der Waals surface area contributed by atoms with Gasteiger partial charge in [-0.15, -0.1) is 0 Å². The highest BCUT2D eigenvalue weighted by Crippen LogP contribution is 2.66. The van der Waals surface area contributed by atoms with Crippen molar-refractivity contribution in [3.05, 3.63) is 60.2 Å². The molecule has 1 aliphatic heterocycles. The second-order valence-corrected chi connectivity index (χ2v) is 11.8. The average molecular weight is 536 g/mol. The molecule has 39 heavy (non-hydrogen) atoms. The highest BCUT2D eigenvalue weighted by atomic mass is 19.1. The third-order valence-corrected chi connectivity index (χ3v) is 9.54. The number of hydrogen-bond acceptors (Lipinski definition) is 6. The third-order valence-electron chi connectivity index (χ3n) is 9.54. The number of aromatic nitrogens is 1. The molecule has 0 unspecified atom stereocenters. The maximum absolute atomic E-state index is 13.7. The van der Waals surface area contributed by atoms with Crippen molar-refractivity contribution >= 4 is 18.0 Å². The van der Waals surface area contributed by atoms with Crippen molar-refractivity contribution in [1.82, 2.24) is 4.98 Å². The molecule has 5 rings (SSSR count). The van der Waals surface area contributed by atoms with Gasteiger partial charge in [0.15, 0.2) is 0 Å². The Balaban J connectivity index is 1.43. The summed E-state index contributed by atoms with van der Waals surface area (Å²) in [7, 11) is 1.41. The molecule has 2 saturated carbocycles. The van der Waals surface area contributed by atoms with Crippen LogP contribution < -0.4 is 0 Å². The first-order valence-electron chi connectivity index (χ1n) is 14.0. The molecular formula is C32H38FNO5. The summed E-state index contributed by atoms with van der Waals surface area (Å²) >= 11 is 0. The van der Waals surface area contributed by atoms with Crippen LogP contribution in [0, 0.1) is 28.5 Å². The topological polar surface area (TPSA) is 78.0 Å². The molecule has 2 heterocycles. The van der Waals surface area contributed by atoms with Gasteiger partial charge in [0.25, 0.3) is 0 Å². The predicted molar refractivity (Wildman–Crippen MR) is 146 cm³/mol. The molecule has 0 amide bonds. The van der Waals surface area contributed by atoms with Crippen LogP contribution >= 0.6 is 0 Å². The predicted octanol–water partition coefficient (Wildman–Crippen LogP) is 6.39. The first-order chi connectivity index (χ1) is 18.7. The zero-order valence-corrected chi connectivity index (χ0v) is 23.2. The number of epoxide rings is 1. The monoisotopic (exact) mass is 535 g/mol. The Morgan fingerprint density at radius 2 is 1.95 bits per heavy atom. The van der Waals surface area contributed by atoms with Crippen molar-refractivity contribution in [3.63, 3.8) is 0 Å². The number of pyridine rings is 1. The average Bonchev–Trinajstić information content (AvgIpc) is 3.69. The van der Waals surface area contributed by atoms with Crippen LogP contribution in [0.5, 0.6) is 0 Å². The second kappa shape index (κ2) is 10.5. The second-order valence-electron chi connectivity index (χ2n) is 11.8. The summed E-state index contributed by atoms with van der Waals surface area (Å²) in [6.45, 7) is 6.81. The largest absolute Gasteiger partial charge is 0.468 e. The molecule has 0 radical (unpaired) electrons. The fourth-order valence-corrected chi connectivity index (χ4v) is 7.42. The van der Waals surface area contributed by atoms with E-state index in [4.69, 9.17) is 14.2 Å². The van der Waals surface area contributed by atoms with Gasteiger partial charge >= 0.3 is 11.9 Å². The van der Waals surface area contributed by atoms with Crippen molar-refractivity contribution in [2.24, 2.45) is 22.7 Å². The number of methoxy groups -OCH3 is 1. The summed E-state index contributed by atoms with van der Waals surface area (Å²) in [5.41, 5.74) is 0.982. The number of ether oxygens (including phenoxy) is 3. The lowest BCUT2D eigenvalue weighted by molar-refractivity contribution is -0.202. The quantitative estimate of drug-likeness (QED) is 0.302. The van der Waals surface area contributed by atoms with Gasteiger partial charge < -0.3 is 14.2 Å². The van der Waals surface area contributed by atoms with Gasteiger partial charge in [0, 0.05) is 24.1 Å². The minimum absolute atomic E-state index is 0.0431. The smallest absolute Gasteiger partial charge is 0.315 e. The molecule has 6 nitrogen and oxygen atoms in total. The Labute approximate surface area is 229 Å². The van der Waals surface area contributed by atoms with Gasteiger partial charge in [0.05, 0.1) is 25.0 Å². The molecule has 3 aliphatic rings. The van der Waals surface area contributed by atoms with Crippen molar-refractivity contribution < 1.29 is 28.2 Å². The SMILES string of the molecule is CCCC(=O)O[C@@H]1CC[C@@]2(C)[C@H](/C=C/c3ccc(-c4cccc(F)c4)cn3)[C@@]3(CC[C@@H]2[C@]1(C)C(=O)OC)CO3. The first-order valence-corrected chi connectivity index (χ1v) is 14.0. The molecule has 1 aromatic heterocycles. The molecule has 0 N–H and O–H groups in total. The fourth-order valence-electron chi connectivity index (χ4n) is 7.42. The van der Waals surface area contributed by atoms with Crippen molar-refractivity contribution in [2.45, 2.75) is 71.0 Å². The Bertz CT molecular complexity index is 1260. The molecular weight excluding hydrogens is 497 g/mol. The number of nitrogens with zero attached hydrogens (tertiary/aromatic N) is 1. The van der Waals surface area contributed by atoms with E-state index in [1.165, 1.54) is 19.2 Å². The number of rotatable bonds is 7. The number of halogens is 1. The highest BCUT2D eigenvalue weighted by Gasteiger charge is 2.69. The van der Waals surface area contributed by atoms with Crippen LogP contribution in [0.1, 0.15) is 65.0 Å². The van der Waals surface area contributed by atoms with Gasteiger partial charge in [0.1, 0.15) is 17.3 Å². The summed E-state index contributed by atoms with van der Waals surface area (Å²) in [5, 5.41) is 0. The number of esters is 2. The van der Waals surface area contributed by atoms with Crippen LogP contribution in [-0.4, -0.2) is 42.3 Å². The van der Waals surface area contributed by atoms with Crippen LogP contribution in [0.3, 0.4) is 0 Å². The molecule has 0 bridgehead atoms. The normalized spacial score (nSPS) is 33.5. The molecule has 3 fully saturated rings. The van der Waals surface area contributed by atoms with E-state index in [-0.39, 0.29) is 40.6 Å². The van der Waals surface area contributed by atoms with Crippen molar-refractivity contribution in [3.8, 4) is 11.1 Å². The van der Waals surface area contributed by atoms with Crippen LogP contribution in [0.2, 0.25) is 0 Å². The van der Waals surface area contributed by atoms with E-state index >= 15 is 0 Å². The molecule has 7 heteroatoms. The van der Waals surface area contributed by atoms with Gasteiger partial charge in [-0.25, -0.2) is 4.39 Å². The van der Waals surface area contributed by atoms with Crippen LogP contribution in [0.4, 0.5) is 4.39 Å². The molecule has 1 saturated heterocycles. The number of carbonyl (C=O) groups excluding carboxylic acids is 2. The minimum Gasteiger partial charge on any atom is -0.468 e. The number of carbonyl (C=O) groups is 2. The standard InChI is InChI=1S/C32H38FNO5/c1-5-7-28(35)39-27-15-16-30(2)25(31(27,3)29(36)37-4)14-17-32(20-38-32)26(30)13-12-24-11-10-22(19-34-24)21-8-6-9-23(33)18-21/h6,8-13,18-19,25-27H,5,7,14-17,20H2,1-4H3/b13-12+/t25-,26-,27+,30+,31-,32+/m0/s1. The van der Waals surface area contributed by atoms with E-state index in [2.05, 4.69) is 18.0 Å². The van der Waals surface area contributed by atoms with E-state index in [0.717, 1.165) is 36.1 Å². The Kier molecular flexibility index (Phi) is 7.40. The molecule has 208 valence electrons. The van der Waals surface area contributed by atoms with E-state index < -0.39 is 11.5 Å². The van der Waals surface area contributed by atoms with Gasteiger partial charge in [-0.3, -0.25) is 14.6 Å². The van der Waals surface area contributed by atoms with E-state index in [1.54, 1.807) is 12.3 Å². The van der Waals surface area contributed by atoms with E-state index in [1.807, 2.05) is 38.1 Å². The Hall–Kier alpha value is -3.06. The van der Waals surface area contributed by atoms with Crippen LogP contribution in [0.25, 0.3) is 17.2 Å². The molecule has 1 spiro atoms. The van der Waals surface area contributed by atoms with Gasteiger partial charge in [-0.05, 0) is 80.2 Å². The van der Waals surface area contributed by atoms with Crippen molar-refractivity contribution in [2.75, 3.05) is 13.7 Å². The molecule has 2 aliphatic carbocycles. The summed E-state index contributed by atoms with van der Waals surface area (Å²) in [5.74, 6) is -0.843. The maximum atomic E-state index is 13.7. The number of benzene rings is 1. The van der Waals surface area contributed by atoms with Crippen LogP contribution in [0.15, 0.2) is 48.7 Å². The van der Waals surface area contributed by atoms with Gasteiger partial charge in [-0.2, -0.15) is 0 Å². The molecule has 6 atom stereocenters. The van der Waals surface area contributed by atoms with E-state index in [0.29, 0.717) is 25.9 Å². The Morgan fingerprint density at radius 1 is 1.15 bits per heavy atom. The summed E-state index contributed by atoms with van der Waals surface area (Å²) in [6, 6.07) is 10.4. The van der Waals surface area contributed by atoms with Gasteiger partial charge in [0.2, 0.25) is 0 Å². The van der Waals surface area contributed by atoms with Gasteiger partial charge in [-0.1, -0.05) is 38.1 Å². The Morgan fingerprint density at radius 3 is 2.59 bits per heavy atom. The van der Waals surface area contributed by atoms with Crippen molar-refractivity contribution in [1.29, 1.82) is 0 Å². The van der Waals surface area contributed by atoms with Crippen LogP contribution in [-0.2, 0) is 23.8 Å². The first kappa shape index (κ1) is 27.5. The lowest BCUT2D eigenvalue weighted by Gasteiger charge is -2.59. The lowest BCUT2D eigenvalue weighted by Crippen LogP contribution is -2.62. The fraction of sp³-hybridized carbons (Fsp3) is 0.531. The van der Waals surface area contributed by atoms with E-state index in [9.17, 15) is 14.0 Å². The highest BCUT2D eigenvalue weighted by molar-refractivity contribution is 5.79. The molecule has 1 aromatic carbocycles. The summed E-state index contributed by atoms with van der Waals surface area (Å²) in [6.07, 6.45) is 9.53. The number of fused-ring (bicyclic) bond motifs is 1. The zero-order chi connectivity index (χ0) is 27.8. The summed E-state index contributed by atoms with van der Waals surface area (Å²) < 4.78 is 31.0. The number of hydrogen-bond donors (Lipinski definition) is 0. The lowest BCUT2D eigenvalue weighted by atomic mass is 9.45. The minimum atomic E-state index is -0.946. The summed E-state index contributed by atoms with van der Waals surface area (Å²) in [4.78, 5) is 30.5. The maximum Gasteiger partial charge on any atom is 0.315 e. The molecule has 2 aromatic rings.